The van der Waals surface area contributed by atoms with Crippen LogP contribution in [0.15, 0.2) is 48.5 Å². The van der Waals surface area contributed by atoms with Crippen molar-refractivity contribution in [3.05, 3.63) is 59.7 Å². The Bertz CT molecular complexity index is 887. The molecule has 0 aromatic heterocycles. The third-order valence-electron chi connectivity index (χ3n) is 5.96. The third-order valence-corrected chi connectivity index (χ3v) is 5.96. The normalized spacial score (nSPS) is 21.8. The number of rotatable bonds is 8. The summed E-state index contributed by atoms with van der Waals surface area (Å²) in [7, 11) is 1.59. The van der Waals surface area contributed by atoms with Gasteiger partial charge in [-0.05, 0) is 43.1 Å². The summed E-state index contributed by atoms with van der Waals surface area (Å²) >= 11 is 0. The molecule has 0 saturated carbocycles. The minimum Gasteiger partial charge on any atom is -0.493 e. The van der Waals surface area contributed by atoms with E-state index < -0.39 is 0 Å². The topological polar surface area (TPSA) is 86.0 Å². The van der Waals surface area contributed by atoms with Crippen LogP contribution in [0.1, 0.15) is 34.9 Å². The minimum absolute atomic E-state index is 0. The molecule has 182 valence electrons. The maximum atomic E-state index is 12.9. The Morgan fingerprint density at radius 3 is 2.67 bits per heavy atom. The van der Waals surface area contributed by atoms with Crippen LogP contribution in [0.25, 0.3) is 0 Å². The molecule has 33 heavy (non-hydrogen) atoms. The van der Waals surface area contributed by atoms with E-state index in [2.05, 4.69) is 22.3 Å². The quantitative estimate of drug-likeness (QED) is 0.544. The van der Waals surface area contributed by atoms with Crippen molar-refractivity contribution in [2.45, 2.75) is 31.0 Å². The van der Waals surface area contributed by atoms with Crippen molar-refractivity contribution < 1.29 is 19.0 Å². The molecule has 4 rings (SSSR count). The Morgan fingerprint density at radius 1 is 1.15 bits per heavy atom. The van der Waals surface area contributed by atoms with E-state index in [1.54, 1.807) is 25.3 Å². The van der Waals surface area contributed by atoms with Crippen LogP contribution in [0.5, 0.6) is 11.5 Å². The first-order valence-electron chi connectivity index (χ1n) is 10.9. The Balaban J connectivity index is 0.00000193. The van der Waals surface area contributed by atoms with E-state index in [-0.39, 0.29) is 42.9 Å². The summed E-state index contributed by atoms with van der Waals surface area (Å²) in [5, 5.41) is 3.19. The smallest absolute Gasteiger partial charge is 0.251 e. The molecule has 2 heterocycles. The van der Waals surface area contributed by atoms with Gasteiger partial charge in [0.15, 0.2) is 11.5 Å². The minimum atomic E-state index is -0.100. The number of methoxy groups -OCH3 is 1. The number of morpholine rings is 1. The van der Waals surface area contributed by atoms with Crippen LogP contribution in [0.4, 0.5) is 0 Å². The summed E-state index contributed by atoms with van der Waals surface area (Å²) in [5.74, 6) is 1.07. The molecule has 1 amide bonds. The highest BCUT2D eigenvalue weighted by Gasteiger charge is 2.38. The fourth-order valence-electron chi connectivity index (χ4n) is 4.31. The zero-order valence-corrected chi connectivity index (χ0v) is 20.4. The van der Waals surface area contributed by atoms with E-state index in [4.69, 9.17) is 19.9 Å². The fraction of sp³-hybridized carbons (Fsp3) is 0.458. The van der Waals surface area contributed by atoms with Crippen LogP contribution >= 0.6 is 24.8 Å². The van der Waals surface area contributed by atoms with Gasteiger partial charge < -0.3 is 25.3 Å². The van der Waals surface area contributed by atoms with E-state index in [1.165, 1.54) is 5.56 Å². The van der Waals surface area contributed by atoms with Crippen LogP contribution in [-0.2, 0) is 4.74 Å². The summed E-state index contributed by atoms with van der Waals surface area (Å²) in [6.07, 6.45) is 1.72. The molecule has 2 saturated heterocycles. The standard InChI is InChI=1S/C24H31N3O4.2ClH/c1-29-21-9-8-18(12-22(21)30-11-5-10-25)24(28)26-19-13-20-16-31-23(15-27(20)14-19)17-6-3-2-4-7-17;;/h2-4,6-9,12,19-20,23H,5,10-11,13-16,25H2,1H3,(H,26,28);2*1H/t19-,20+,23-;;/m1../s1. The SMILES string of the molecule is COc1ccc(C(=O)N[C@@H]2C[C@H]3CO[C@@H](c4ccccc4)CN3C2)cc1OCCCN.Cl.Cl. The second kappa shape index (κ2) is 13.0. The highest BCUT2D eigenvalue weighted by molar-refractivity contribution is 5.95. The highest BCUT2D eigenvalue weighted by atomic mass is 35.5. The van der Waals surface area contributed by atoms with Crippen molar-refractivity contribution in [3.63, 3.8) is 0 Å². The third kappa shape index (κ3) is 6.74. The van der Waals surface area contributed by atoms with Gasteiger partial charge in [0.05, 0.1) is 26.4 Å². The van der Waals surface area contributed by atoms with Crippen LogP contribution < -0.4 is 20.5 Å². The molecule has 0 spiro atoms. The lowest BCUT2D eigenvalue weighted by Crippen LogP contribution is -2.43. The molecule has 9 heteroatoms. The summed E-state index contributed by atoms with van der Waals surface area (Å²) in [4.78, 5) is 15.3. The van der Waals surface area contributed by atoms with E-state index >= 15 is 0 Å². The molecule has 2 aliphatic rings. The first kappa shape index (κ1) is 27.2. The van der Waals surface area contributed by atoms with E-state index in [9.17, 15) is 4.79 Å². The summed E-state index contributed by atoms with van der Waals surface area (Å²) < 4.78 is 17.2. The average Bonchev–Trinajstić information content (AvgIpc) is 3.21. The van der Waals surface area contributed by atoms with Crippen molar-refractivity contribution >= 4 is 30.7 Å². The van der Waals surface area contributed by atoms with Gasteiger partial charge in [-0.15, -0.1) is 24.8 Å². The summed E-state index contributed by atoms with van der Waals surface area (Å²) in [5.41, 5.74) is 7.30. The summed E-state index contributed by atoms with van der Waals surface area (Å²) in [6.45, 7) is 3.41. The van der Waals surface area contributed by atoms with Crippen molar-refractivity contribution in [3.8, 4) is 11.5 Å². The second-order valence-electron chi connectivity index (χ2n) is 8.10. The molecule has 3 N–H and O–H groups in total. The largest absolute Gasteiger partial charge is 0.493 e. The monoisotopic (exact) mass is 497 g/mol. The van der Waals surface area contributed by atoms with Crippen LogP contribution in [0.2, 0.25) is 0 Å². The molecule has 2 aliphatic heterocycles. The zero-order valence-electron chi connectivity index (χ0n) is 18.8. The van der Waals surface area contributed by atoms with Gasteiger partial charge in [-0.1, -0.05) is 30.3 Å². The van der Waals surface area contributed by atoms with E-state index in [0.717, 1.165) is 25.9 Å². The number of ether oxygens (including phenoxy) is 3. The van der Waals surface area contributed by atoms with Gasteiger partial charge in [-0.2, -0.15) is 0 Å². The summed E-state index contributed by atoms with van der Waals surface area (Å²) in [6, 6.07) is 16.0. The molecule has 0 bridgehead atoms. The van der Waals surface area contributed by atoms with Gasteiger partial charge in [0, 0.05) is 30.7 Å². The predicted octanol–water partition coefficient (Wildman–Crippen LogP) is 3.21. The molecule has 2 aromatic carbocycles. The number of benzene rings is 2. The molecular formula is C24H33Cl2N3O4. The molecule has 0 radical (unpaired) electrons. The van der Waals surface area contributed by atoms with Gasteiger partial charge in [-0.25, -0.2) is 0 Å². The first-order valence-corrected chi connectivity index (χ1v) is 10.9. The number of nitrogens with zero attached hydrogens (tertiary/aromatic N) is 1. The van der Waals surface area contributed by atoms with Crippen LogP contribution in [0, 0.1) is 0 Å². The second-order valence-corrected chi connectivity index (χ2v) is 8.10. The molecule has 0 unspecified atom stereocenters. The number of carbonyl (C=O) groups is 1. The molecular weight excluding hydrogens is 465 g/mol. The van der Waals surface area contributed by atoms with Crippen molar-refractivity contribution in [1.82, 2.24) is 10.2 Å². The van der Waals surface area contributed by atoms with Gasteiger partial charge >= 0.3 is 0 Å². The Kier molecular flexibility index (Phi) is 10.7. The van der Waals surface area contributed by atoms with Gasteiger partial charge in [-0.3, -0.25) is 9.69 Å². The lowest BCUT2D eigenvalue weighted by Gasteiger charge is -2.35. The van der Waals surface area contributed by atoms with Crippen molar-refractivity contribution in [2.75, 3.05) is 40.0 Å². The molecule has 7 nitrogen and oxygen atoms in total. The highest BCUT2D eigenvalue weighted by Crippen LogP contribution is 2.31. The van der Waals surface area contributed by atoms with E-state index in [0.29, 0.717) is 42.9 Å². The zero-order chi connectivity index (χ0) is 21.6. The molecule has 3 atom stereocenters. The average molecular weight is 498 g/mol. The molecule has 2 aromatic rings. The number of halogens is 2. The maximum absolute atomic E-state index is 12.9. The lowest BCUT2D eigenvalue weighted by atomic mass is 10.1. The number of nitrogens with one attached hydrogen (secondary N) is 1. The predicted molar refractivity (Wildman–Crippen MR) is 133 cm³/mol. The van der Waals surface area contributed by atoms with Crippen molar-refractivity contribution in [2.24, 2.45) is 5.73 Å². The first-order chi connectivity index (χ1) is 15.2. The van der Waals surface area contributed by atoms with Gasteiger partial charge in [0.1, 0.15) is 0 Å². The Hall–Kier alpha value is -2.03. The van der Waals surface area contributed by atoms with E-state index in [1.807, 2.05) is 18.2 Å². The van der Waals surface area contributed by atoms with Crippen molar-refractivity contribution in [1.29, 1.82) is 0 Å². The van der Waals surface area contributed by atoms with Gasteiger partial charge in [0.2, 0.25) is 0 Å². The maximum Gasteiger partial charge on any atom is 0.251 e. The number of amides is 1. The number of hydrogen-bond acceptors (Lipinski definition) is 6. The van der Waals surface area contributed by atoms with Crippen LogP contribution in [-0.4, -0.2) is 62.8 Å². The fourth-order valence-corrected chi connectivity index (χ4v) is 4.31. The number of fused-ring (bicyclic) bond motifs is 1. The number of carbonyl (C=O) groups excluding carboxylic acids is 1. The molecule has 2 fully saturated rings. The Morgan fingerprint density at radius 2 is 1.94 bits per heavy atom. The lowest BCUT2D eigenvalue weighted by molar-refractivity contribution is -0.0502. The van der Waals surface area contributed by atoms with Gasteiger partial charge in [0.25, 0.3) is 5.91 Å². The van der Waals surface area contributed by atoms with Crippen LogP contribution in [0.3, 0.4) is 0 Å². The molecule has 0 aliphatic carbocycles. The Labute approximate surface area is 207 Å². The number of hydrogen-bond donors (Lipinski definition) is 2. The number of nitrogens with two attached hydrogens (primary N) is 1.